The monoisotopic (exact) mass is 446 g/mol. The molecular formula is C21H18F4N6O. The molecule has 0 saturated carbocycles. The highest BCUT2D eigenvalue weighted by Crippen LogP contribution is 2.32. The lowest BCUT2D eigenvalue weighted by Gasteiger charge is -2.14. The number of amides is 1. The molecule has 0 aliphatic carbocycles. The highest BCUT2D eigenvalue weighted by atomic mass is 19.4. The van der Waals surface area contributed by atoms with Gasteiger partial charge in [0.15, 0.2) is 17.0 Å². The number of nitrogens with zero attached hydrogens (tertiary/aromatic N) is 5. The number of benzene rings is 1. The van der Waals surface area contributed by atoms with Crippen LogP contribution in [0.25, 0.3) is 16.9 Å². The van der Waals surface area contributed by atoms with Crippen LogP contribution in [0.15, 0.2) is 48.7 Å². The lowest BCUT2D eigenvalue weighted by atomic mass is 10.1. The van der Waals surface area contributed by atoms with Gasteiger partial charge in [-0.2, -0.15) is 23.4 Å². The summed E-state index contributed by atoms with van der Waals surface area (Å²) in [5.74, 6) is -1.17. The average molecular weight is 446 g/mol. The van der Waals surface area contributed by atoms with Gasteiger partial charge in [0.2, 0.25) is 0 Å². The summed E-state index contributed by atoms with van der Waals surface area (Å²) in [6.45, 7) is 4.24. The number of alkyl halides is 3. The fourth-order valence-corrected chi connectivity index (χ4v) is 3.38. The van der Waals surface area contributed by atoms with Gasteiger partial charge in [0.25, 0.3) is 5.91 Å². The van der Waals surface area contributed by atoms with E-state index in [1.165, 1.54) is 18.2 Å². The third-order valence-corrected chi connectivity index (χ3v) is 4.93. The standard InChI is InChI=1S/C21H18F4N6O/c1-3-30-17(8-9-26-30)12(2)27-20(32)16-11-19-28-15(13-4-6-14(22)7-5-13)10-18(21(23,24)25)31(19)29-16/h4-12H,3H2,1-2H3,(H,27,32). The molecule has 0 aliphatic rings. The minimum atomic E-state index is -4.75. The van der Waals surface area contributed by atoms with E-state index in [0.717, 1.165) is 23.9 Å². The highest BCUT2D eigenvalue weighted by molar-refractivity contribution is 5.93. The smallest absolute Gasteiger partial charge is 0.343 e. The van der Waals surface area contributed by atoms with Crippen LogP contribution in [0.4, 0.5) is 17.6 Å². The van der Waals surface area contributed by atoms with E-state index in [1.807, 2.05) is 6.92 Å². The van der Waals surface area contributed by atoms with Crippen LogP contribution in [-0.4, -0.2) is 30.3 Å². The predicted octanol–water partition coefficient (Wildman–Crippen LogP) is 4.26. The Labute approximate surface area is 179 Å². The van der Waals surface area contributed by atoms with Crippen molar-refractivity contribution < 1.29 is 22.4 Å². The molecule has 1 aromatic carbocycles. The van der Waals surface area contributed by atoms with Gasteiger partial charge in [0.05, 0.1) is 17.4 Å². The third-order valence-electron chi connectivity index (χ3n) is 4.93. The fraction of sp³-hybridized carbons (Fsp3) is 0.238. The number of hydrogen-bond donors (Lipinski definition) is 1. The van der Waals surface area contributed by atoms with Crippen LogP contribution in [-0.2, 0) is 12.7 Å². The molecule has 3 heterocycles. The van der Waals surface area contributed by atoms with Crippen molar-refractivity contribution in [1.29, 1.82) is 0 Å². The Morgan fingerprint density at radius 3 is 2.53 bits per heavy atom. The number of hydrogen-bond acceptors (Lipinski definition) is 4. The number of rotatable bonds is 5. The molecule has 7 nitrogen and oxygen atoms in total. The molecule has 3 aromatic heterocycles. The van der Waals surface area contributed by atoms with Crippen LogP contribution in [0.5, 0.6) is 0 Å². The van der Waals surface area contributed by atoms with E-state index >= 15 is 0 Å². The van der Waals surface area contributed by atoms with E-state index < -0.39 is 29.6 Å². The predicted molar refractivity (Wildman–Crippen MR) is 107 cm³/mol. The summed E-state index contributed by atoms with van der Waals surface area (Å²) in [7, 11) is 0. The molecule has 11 heteroatoms. The van der Waals surface area contributed by atoms with Crippen molar-refractivity contribution >= 4 is 11.6 Å². The maximum Gasteiger partial charge on any atom is 0.433 e. The Bertz CT molecular complexity index is 1280. The summed E-state index contributed by atoms with van der Waals surface area (Å²) in [6.07, 6.45) is -3.15. The zero-order chi connectivity index (χ0) is 23.0. The molecule has 1 amide bonds. The molecule has 0 spiro atoms. The van der Waals surface area contributed by atoms with Gasteiger partial charge < -0.3 is 5.32 Å². The molecule has 32 heavy (non-hydrogen) atoms. The van der Waals surface area contributed by atoms with Crippen molar-refractivity contribution in [1.82, 2.24) is 29.7 Å². The van der Waals surface area contributed by atoms with Crippen molar-refractivity contribution in [3.8, 4) is 11.3 Å². The fourth-order valence-electron chi connectivity index (χ4n) is 3.38. The van der Waals surface area contributed by atoms with Crippen LogP contribution in [0, 0.1) is 5.82 Å². The van der Waals surface area contributed by atoms with Gasteiger partial charge in [-0.3, -0.25) is 9.48 Å². The van der Waals surface area contributed by atoms with Gasteiger partial charge in [-0.25, -0.2) is 13.9 Å². The molecular weight excluding hydrogens is 428 g/mol. The van der Waals surface area contributed by atoms with Crippen LogP contribution in [0.3, 0.4) is 0 Å². The molecule has 0 bridgehead atoms. The summed E-state index contributed by atoms with van der Waals surface area (Å²) in [6, 6.07) is 8.22. The van der Waals surface area contributed by atoms with Crippen molar-refractivity contribution in [2.75, 3.05) is 0 Å². The molecule has 1 N–H and O–H groups in total. The maximum atomic E-state index is 13.7. The summed E-state index contributed by atoms with van der Waals surface area (Å²) in [5.41, 5.74) is -0.440. The van der Waals surface area contributed by atoms with Gasteiger partial charge in [-0.1, -0.05) is 0 Å². The first-order valence-corrected chi connectivity index (χ1v) is 9.74. The van der Waals surface area contributed by atoms with Crippen LogP contribution >= 0.6 is 0 Å². The molecule has 0 saturated heterocycles. The average Bonchev–Trinajstić information content (AvgIpc) is 3.39. The van der Waals surface area contributed by atoms with Gasteiger partial charge in [0.1, 0.15) is 5.82 Å². The van der Waals surface area contributed by atoms with Gasteiger partial charge in [-0.15, -0.1) is 0 Å². The van der Waals surface area contributed by atoms with Gasteiger partial charge in [0, 0.05) is 24.4 Å². The number of halogens is 4. The molecule has 0 radical (unpaired) electrons. The number of fused-ring (bicyclic) bond motifs is 1. The number of nitrogens with one attached hydrogen (secondary N) is 1. The molecule has 0 fully saturated rings. The van der Waals surface area contributed by atoms with E-state index in [2.05, 4.69) is 20.5 Å². The first-order valence-electron chi connectivity index (χ1n) is 9.74. The number of carbonyl (C=O) groups is 1. The molecule has 0 aliphatic heterocycles. The van der Waals surface area contributed by atoms with Crippen molar-refractivity contribution in [3.05, 3.63) is 71.6 Å². The topological polar surface area (TPSA) is 77.1 Å². The largest absolute Gasteiger partial charge is 0.433 e. The van der Waals surface area contributed by atoms with Gasteiger partial charge in [-0.05, 0) is 50.2 Å². The SMILES string of the molecule is CCn1nccc1C(C)NC(=O)c1cc2nc(-c3ccc(F)cc3)cc(C(F)(F)F)n2n1. The maximum absolute atomic E-state index is 13.7. The van der Waals surface area contributed by atoms with Crippen molar-refractivity contribution in [2.45, 2.75) is 32.6 Å². The van der Waals surface area contributed by atoms with E-state index in [-0.39, 0.29) is 17.0 Å². The number of carbonyl (C=O) groups excluding carboxylic acids is 1. The van der Waals surface area contributed by atoms with E-state index in [0.29, 0.717) is 16.6 Å². The Morgan fingerprint density at radius 1 is 1.16 bits per heavy atom. The molecule has 4 aromatic rings. The minimum absolute atomic E-state index is 0.0168. The zero-order valence-electron chi connectivity index (χ0n) is 17.1. The quantitative estimate of drug-likeness (QED) is 0.465. The van der Waals surface area contributed by atoms with E-state index in [1.54, 1.807) is 23.9 Å². The Hall–Kier alpha value is -3.76. The Balaban J connectivity index is 1.72. The van der Waals surface area contributed by atoms with Crippen molar-refractivity contribution in [3.63, 3.8) is 0 Å². The summed E-state index contributed by atoms with van der Waals surface area (Å²) >= 11 is 0. The van der Waals surface area contributed by atoms with Crippen LogP contribution in [0.1, 0.15) is 41.8 Å². The Morgan fingerprint density at radius 2 is 1.88 bits per heavy atom. The molecule has 4 rings (SSSR count). The first kappa shape index (κ1) is 21.5. The second kappa shape index (κ2) is 8.06. The summed E-state index contributed by atoms with van der Waals surface area (Å²) in [4.78, 5) is 16.9. The van der Waals surface area contributed by atoms with Crippen molar-refractivity contribution in [2.24, 2.45) is 0 Å². The third kappa shape index (κ3) is 4.05. The molecule has 1 unspecified atom stereocenters. The summed E-state index contributed by atoms with van der Waals surface area (Å²) < 4.78 is 56.6. The lowest BCUT2D eigenvalue weighted by molar-refractivity contribution is -0.142. The zero-order valence-corrected chi connectivity index (χ0v) is 17.1. The van der Waals surface area contributed by atoms with E-state index in [9.17, 15) is 22.4 Å². The highest BCUT2D eigenvalue weighted by Gasteiger charge is 2.35. The second-order valence-corrected chi connectivity index (χ2v) is 7.10. The second-order valence-electron chi connectivity index (χ2n) is 7.10. The molecule has 1 atom stereocenters. The van der Waals surface area contributed by atoms with Crippen LogP contribution < -0.4 is 5.32 Å². The van der Waals surface area contributed by atoms with Gasteiger partial charge >= 0.3 is 6.18 Å². The number of aromatic nitrogens is 5. The summed E-state index contributed by atoms with van der Waals surface area (Å²) in [5, 5.41) is 10.7. The molecule has 166 valence electrons. The lowest BCUT2D eigenvalue weighted by Crippen LogP contribution is -2.28. The van der Waals surface area contributed by atoms with E-state index in [4.69, 9.17) is 0 Å². The first-order chi connectivity index (χ1) is 15.2. The van der Waals surface area contributed by atoms with Crippen LogP contribution in [0.2, 0.25) is 0 Å². The normalized spacial score (nSPS) is 12.8. The minimum Gasteiger partial charge on any atom is -0.343 e. The number of aryl methyl sites for hydroxylation is 1. The Kier molecular flexibility index (Phi) is 5.41.